The van der Waals surface area contributed by atoms with Crippen molar-refractivity contribution in [2.24, 2.45) is 0 Å². The van der Waals surface area contributed by atoms with Crippen molar-refractivity contribution >= 4 is 63.0 Å². The molecule has 0 unspecified atom stereocenters. The third kappa shape index (κ3) is 5.20. The van der Waals surface area contributed by atoms with Crippen molar-refractivity contribution in [3.8, 4) is 0 Å². The quantitative estimate of drug-likeness (QED) is 0.262. The van der Waals surface area contributed by atoms with Crippen LogP contribution in [0.25, 0.3) is 17.0 Å². The van der Waals surface area contributed by atoms with Crippen molar-refractivity contribution < 1.29 is 14.4 Å². The summed E-state index contributed by atoms with van der Waals surface area (Å²) in [6, 6.07) is 23.4. The maximum Gasteiger partial charge on any atom is 0.272 e. The van der Waals surface area contributed by atoms with E-state index < -0.39 is 11.8 Å². The summed E-state index contributed by atoms with van der Waals surface area (Å²) in [7, 11) is 0. The highest BCUT2D eigenvalue weighted by Crippen LogP contribution is 2.24. The highest BCUT2D eigenvalue weighted by atomic mass is 127. The van der Waals surface area contributed by atoms with Gasteiger partial charge >= 0.3 is 0 Å². The predicted octanol–water partition coefficient (Wildman–Crippen LogP) is 5.32. The van der Waals surface area contributed by atoms with Gasteiger partial charge in [-0.15, -0.1) is 0 Å². The van der Waals surface area contributed by atoms with E-state index in [0.717, 1.165) is 14.5 Å². The van der Waals surface area contributed by atoms with Crippen molar-refractivity contribution in [3.05, 3.63) is 105 Å². The van der Waals surface area contributed by atoms with Crippen LogP contribution in [0.2, 0.25) is 0 Å². The molecule has 2 amide bonds. The van der Waals surface area contributed by atoms with E-state index in [1.165, 1.54) is 11.5 Å². The summed E-state index contributed by atoms with van der Waals surface area (Å²) in [5, 5.41) is 6.35. The lowest BCUT2D eigenvalue weighted by Gasteiger charge is -2.11. The molecule has 3 aromatic carbocycles. The van der Waals surface area contributed by atoms with Crippen LogP contribution in [0.3, 0.4) is 0 Å². The fourth-order valence-corrected chi connectivity index (χ4v) is 3.77. The Balaban J connectivity index is 1.75. The number of halogens is 1. The number of carbonyl (C=O) groups excluding carboxylic acids is 3. The van der Waals surface area contributed by atoms with E-state index >= 15 is 0 Å². The van der Waals surface area contributed by atoms with Gasteiger partial charge in [-0.25, -0.2) is 0 Å². The first-order valence-corrected chi connectivity index (χ1v) is 11.3. The summed E-state index contributed by atoms with van der Waals surface area (Å²) in [5.74, 6) is -1.03. The Morgan fingerprint density at radius 1 is 0.879 bits per heavy atom. The molecule has 0 bridgehead atoms. The smallest absolute Gasteiger partial charge is 0.272 e. The maximum absolute atomic E-state index is 13.2. The lowest BCUT2D eigenvalue weighted by Crippen LogP contribution is -2.30. The van der Waals surface area contributed by atoms with Crippen molar-refractivity contribution in [1.82, 2.24) is 9.88 Å². The normalized spacial score (nSPS) is 11.3. The van der Waals surface area contributed by atoms with Gasteiger partial charge in [-0.1, -0.05) is 36.4 Å². The van der Waals surface area contributed by atoms with Gasteiger partial charge in [-0.2, -0.15) is 0 Å². The Morgan fingerprint density at radius 3 is 2.24 bits per heavy atom. The summed E-state index contributed by atoms with van der Waals surface area (Å²) in [6.45, 7) is 1.47. The summed E-state index contributed by atoms with van der Waals surface area (Å²) in [4.78, 5) is 38.1. The fraction of sp³-hybridized carbons (Fsp3) is 0.0385. The number of nitrogens with one attached hydrogen (secondary N) is 2. The van der Waals surface area contributed by atoms with Crippen molar-refractivity contribution in [3.63, 3.8) is 0 Å². The summed E-state index contributed by atoms with van der Waals surface area (Å²) in [6.07, 6.45) is 3.25. The lowest BCUT2D eigenvalue weighted by atomic mass is 10.1. The highest BCUT2D eigenvalue weighted by Gasteiger charge is 2.17. The van der Waals surface area contributed by atoms with E-state index in [9.17, 15) is 14.4 Å². The molecule has 33 heavy (non-hydrogen) atoms. The van der Waals surface area contributed by atoms with E-state index in [1.807, 2.05) is 42.5 Å². The minimum absolute atomic E-state index is 0.0638. The predicted molar refractivity (Wildman–Crippen MR) is 138 cm³/mol. The average Bonchev–Trinajstić information content (AvgIpc) is 3.19. The molecule has 0 aliphatic rings. The molecule has 0 radical (unpaired) electrons. The lowest BCUT2D eigenvalue weighted by molar-refractivity contribution is -0.113. The van der Waals surface area contributed by atoms with Crippen LogP contribution in [0, 0.1) is 3.57 Å². The Labute approximate surface area is 204 Å². The molecule has 1 heterocycles. The monoisotopic (exact) mass is 549 g/mol. The van der Waals surface area contributed by atoms with Crippen molar-refractivity contribution in [2.45, 2.75) is 6.92 Å². The summed E-state index contributed by atoms with van der Waals surface area (Å²) < 4.78 is 2.56. The Kier molecular flexibility index (Phi) is 6.69. The molecule has 0 saturated heterocycles. The van der Waals surface area contributed by atoms with Gasteiger partial charge in [0.2, 0.25) is 5.91 Å². The van der Waals surface area contributed by atoms with E-state index in [-0.39, 0.29) is 11.6 Å². The van der Waals surface area contributed by atoms with E-state index in [2.05, 4.69) is 33.2 Å². The number of nitrogens with zero attached hydrogens (tertiary/aromatic N) is 1. The van der Waals surface area contributed by atoms with Crippen LogP contribution in [-0.2, 0) is 4.79 Å². The zero-order valence-corrected chi connectivity index (χ0v) is 19.9. The minimum atomic E-state index is -0.472. The number of para-hydroxylation sites is 1. The molecular weight excluding hydrogens is 529 g/mol. The Hall–Kier alpha value is -3.72. The Morgan fingerprint density at radius 2 is 1.55 bits per heavy atom. The maximum atomic E-state index is 13.2. The zero-order valence-electron chi connectivity index (χ0n) is 17.7. The first kappa shape index (κ1) is 22.5. The van der Waals surface area contributed by atoms with Crippen LogP contribution in [0.15, 0.2) is 90.8 Å². The van der Waals surface area contributed by atoms with Gasteiger partial charge in [-0.3, -0.25) is 19.0 Å². The number of carbonyl (C=O) groups is 3. The topological polar surface area (TPSA) is 80.2 Å². The summed E-state index contributed by atoms with van der Waals surface area (Å²) >= 11 is 2.19. The number of hydrogen-bond donors (Lipinski definition) is 2. The minimum Gasteiger partial charge on any atom is -0.321 e. The van der Waals surface area contributed by atoms with Gasteiger partial charge < -0.3 is 10.6 Å². The summed E-state index contributed by atoms with van der Waals surface area (Å²) in [5.41, 5.74) is 2.46. The van der Waals surface area contributed by atoms with Crippen LogP contribution in [0.1, 0.15) is 27.6 Å². The second-order valence-electron chi connectivity index (χ2n) is 7.33. The van der Waals surface area contributed by atoms with Crippen molar-refractivity contribution in [2.75, 3.05) is 5.32 Å². The molecule has 2 N–H and O–H groups in total. The van der Waals surface area contributed by atoms with Crippen LogP contribution in [-0.4, -0.2) is 22.3 Å². The molecular formula is C26H20IN3O3. The van der Waals surface area contributed by atoms with Gasteiger partial charge in [0.05, 0.1) is 5.52 Å². The SMILES string of the molecule is CC(=O)n1cc(C=C(NC(=O)c2ccccc2)C(=O)Nc2ccc(I)cc2)c2ccccc21. The second kappa shape index (κ2) is 9.83. The number of rotatable bonds is 5. The number of aromatic nitrogens is 1. The molecule has 0 aliphatic carbocycles. The van der Waals surface area contributed by atoms with Gasteiger partial charge in [0.15, 0.2) is 0 Å². The van der Waals surface area contributed by atoms with Crippen LogP contribution >= 0.6 is 22.6 Å². The molecule has 0 spiro atoms. The van der Waals surface area contributed by atoms with Gasteiger partial charge in [0.25, 0.3) is 11.8 Å². The fourth-order valence-electron chi connectivity index (χ4n) is 3.41. The Bertz CT molecular complexity index is 1370. The molecule has 4 rings (SSSR count). The van der Waals surface area contributed by atoms with Gasteiger partial charge in [0, 0.05) is 38.9 Å². The number of benzene rings is 3. The number of hydrogen-bond acceptors (Lipinski definition) is 3. The van der Waals surface area contributed by atoms with Gasteiger partial charge in [-0.05, 0) is 71.1 Å². The number of anilines is 1. The first-order valence-electron chi connectivity index (χ1n) is 10.2. The molecule has 0 saturated carbocycles. The zero-order chi connectivity index (χ0) is 23.4. The average molecular weight is 549 g/mol. The molecule has 0 fully saturated rings. The first-order chi connectivity index (χ1) is 15.9. The highest BCUT2D eigenvalue weighted by molar-refractivity contribution is 14.1. The van der Waals surface area contributed by atoms with Gasteiger partial charge in [0.1, 0.15) is 5.70 Å². The number of amides is 2. The molecule has 1 aromatic heterocycles. The molecule has 164 valence electrons. The van der Waals surface area contributed by atoms with Crippen LogP contribution in [0.4, 0.5) is 5.69 Å². The molecule has 4 aromatic rings. The van der Waals surface area contributed by atoms with E-state index in [0.29, 0.717) is 16.8 Å². The second-order valence-corrected chi connectivity index (χ2v) is 8.58. The largest absolute Gasteiger partial charge is 0.321 e. The molecule has 7 heteroatoms. The third-order valence-electron chi connectivity index (χ3n) is 5.01. The van der Waals surface area contributed by atoms with E-state index in [1.54, 1.807) is 48.7 Å². The standard InChI is InChI=1S/C26H20IN3O3/c1-17(31)30-16-19(22-9-5-6-10-24(22)30)15-23(29-25(32)18-7-3-2-4-8-18)26(33)28-21-13-11-20(27)12-14-21/h2-16H,1H3,(H,28,33)(H,29,32). The molecule has 0 aliphatic heterocycles. The third-order valence-corrected chi connectivity index (χ3v) is 5.73. The molecule has 0 atom stereocenters. The van der Waals surface area contributed by atoms with Crippen LogP contribution < -0.4 is 10.6 Å². The number of fused-ring (bicyclic) bond motifs is 1. The van der Waals surface area contributed by atoms with Crippen molar-refractivity contribution in [1.29, 1.82) is 0 Å². The van der Waals surface area contributed by atoms with E-state index in [4.69, 9.17) is 0 Å². The molecule has 6 nitrogen and oxygen atoms in total. The van der Waals surface area contributed by atoms with Crippen LogP contribution in [0.5, 0.6) is 0 Å².